The molecule has 0 saturated carbocycles. The molecule has 0 aromatic heterocycles. The average Bonchev–Trinajstić information content (AvgIpc) is 2.45. The molecular weight excluding hydrogens is 260 g/mol. The Kier molecular flexibility index (Phi) is 6.26. The first-order chi connectivity index (χ1) is 9.45. The molecule has 0 radical (unpaired) electrons. The summed E-state index contributed by atoms with van der Waals surface area (Å²) in [6.45, 7) is 5.60. The average molecular weight is 286 g/mol. The summed E-state index contributed by atoms with van der Waals surface area (Å²) in [6.07, 6.45) is 2.79. The molecule has 2 N–H and O–H groups in total. The molecule has 1 fully saturated rings. The van der Waals surface area contributed by atoms with Gasteiger partial charge in [0, 0.05) is 26.1 Å². The van der Waals surface area contributed by atoms with E-state index in [0.717, 1.165) is 19.4 Å². The van der Waals surface area contributed by atoms with Gasteiger partial charge in [-0.1, -0.05) is 13.8 Å². The minimum atomic E-state index is -1.17. The molecule has 20 heavy (non-hydrogen) atoms. The van der Waals surface area contributed by atoms with Crippen molar-refractivity contribution in [1.82, 2.24) is 10.2 Å². The zero-order valence-corrected chi connectivity index (χ0v) is 12.6. The number of carboxylic acids is 1. The summed E-state index contributed by atoms with van der Waals surface area (Å²) in [5, 5.41) is 12.0. The lowest BCUT2D eigenvalue weighted by Gasteiger charge is -2.32. The van der Waals surface area contributed by atoms with Gasteiger partial charge in [-0.25, -0.2) is 9.59 Å². The van der Waals surface area contributed by atoms with Crippen molar-refractivity contribution in [2.24, 2.45) is 5.92 Å². The third-order valence-electron chi connectivity index (χ3n) is 4.10. The highest BCUT2D eigenvalue weighted by molar-refractivity contribution is 5.86. The third-order valence-corrected chi connectivity index (χ3v) is 4.10. The highest BCUT2D eigenvalue weighted by Gasteiger charge is 2.37. The maximum Gasteiger partial charge on any atom is 0.329 e. The smallest absolute Gasteiger partial charge is 0.329 e. The first-order valence-electron chi connectivity index (χ1n) is 7.29. The van der Waals surface area contributed by atoms with E-state index in [0.29, 0.717) is 31.9 Å². The summed E-state index contributed by atoms with van der Waals surface area (Å²) in [7, 11) is 1.70. The minimum Gasteiger partial charge on any atom is -0.480 e. The lowest BCUT2D eigenvalue weighted by Crippen LogP contribution is -2.57. The lowest BCUT2D eigenvalue weighted by atomic mass is 9.93. The third kappa shape index (κ3) is 4.10. The van der Waals surface area contributed by atoms with Crippen LogP contribution in [0.1, 0.15) is 39.5 Å². The van der Waals surface area contributed by atoms with Gasteiger partial charge in [0.15, 0.2) is 0 Å². The second-order valence-corrected chi connectivity index (χ2v) is 5.49. The van der Waals surface area contributed by atoms with E-state index in [1.165, 1.54) is 0 Å². The minimum absolute atomic E-state index is 0.332. The van der Waals surface area contributed by atoms with Crippen LogP contribution in [0.2, 0.25) is 0 Å². The molecule has 6 heteroatoms. The number of carbonyl (C=O) groups excluding carboxylic acids is 1. The predicted octanol–water partition coefficient (Wildman–Crippen LogP) is 1.70. The van der Waals surface area contributed by atoms with E-state index in [4.69, 9.17) is 4.74 Å². The molecule has 116 valence electrons. The normalized spacial score (nSPS) is 19.4. The molecule has 0 aliphatic carbocycles. The summed E-state index contributed by atoms with van der Waals surface area (Å²) in [6, 6.07) is -0.332. The molecule has 1 rings (SSSR count). The Hall–Kier alpha value is -1.30. The molecule has 0 aromatic rings. The van der Waals surface area contributed by atoms with Gasteiger partial charge in [0.1, 0.15) is 5.54 Å². The Labute approximate surface area is 120 Å². The number of hydrogen-bond donors (Lipinski definition) is 2. The number of carboxylic acid groups (broad SMARTS) is 1. The first-order valence-corrected chi connectivity index (χ1v) is 7.29. The van der Waals surface area contributed by atoms with Gasteiger partial charge < -0.3 is 20.1 Å². The van der Waals surface area contributed by atoms with Crippen LogP contribution in [0.4, 0.5) is 4.79 Å². The molecule has 0 aromatic carbocycles. The van der Waals surface area contributed by atoms with E-state index < -0.39 is 11.5 Å². The summed E-state index contributed by atoms with van der Waals surface area (Å²) in [4.78, 5) is 25.1. The Morgan fingerprint density at radius 2 is 2.05 bits per heavy atom. The Morgan fingerprint density at radius 1 is 1.40 bits per heavy atom. The number of amides is 2. The number of ether oxygens (including phenoxy) is 1. The molecule has 1 atom stereocenters. The van der Waals surface area contributed by atoms with Crippen LogP contribution in [0.25, 0.3) is 0 Å². The molecule has 1 aliphatic rings. The molecule has 0 bridgehead atoms. The van der Waals surface area contributed by atoms with Crippen LogP contribution in [-0.2, 0) is 9.53 Å². The highest BCUT2D eigenvalue weighted by atomic mass is 16.5. The van der Waals surface area contributed by atoms with Crippen LogP contribution in [0.5, 0.6) is 0 Å². The van der Waals surface area contributed by atoms with E-state index in [2.05, 4.69) is 5.32 Å². The van der Waals surface area contributed by atoms with Gasteiger partial charge in [-0.3, -0.25) is 0 Å². The van der Waals surface area contributed by atoms with Gasteiger partial charge in [-0.2, -0.15) is 0 Å². The standard InChI is InChI=1S/C14H26N2O4/c1-4-14(5-2,12(17)18)15-13(19)16(3)9-11-7-6-8-20-10-11/h11H,4-10H2,1-3H3,(H,15,19)(H,17,18). The molecule has 6 nitrogen and oxygen atoms in total. The van der Waals surface area contributed by atoms with Crippen LogP contribution in [-0.4, -0.2) is 54.4 Å². The van der Waals surface area contributed by atoms with E-state index in [9.17, 15) is 14.7 Å². The van der Waals surface area contributed by atoms with Crippen molar-refractivity contribution in [3.63, 3.8) is 0 Å². The topological polar surface area (TPSA) is 78.9 Å². The van der Waals surface area contributed by atoms with Gasteiger partial charge in [0.05, 0.1) is 6.61 Å². The van der Waals surface area contributed by atoms with Crippen molar-refractivity contribution in [1.29, 1.82) is 0 Å². The van der Waals surface area contributed by atoms with Gasteiger partial charge in [-0.15, -0.1) is 0 Å². The van der Waals surface area contributed by atoms with Crippen LogP contribution in [0.3, 0.4) is 0 Å². The van der Waals surface area contributed by atoms with E-state index in [1.807, 2.05) is 0 Å². The zero-order chi connectivity index (χ0) is 15.2. The number of nitrogens with zero attached hydrogens (tertiary/aromatic N) is 1. The van der Waals surface area contributed by atoms with Crippen LogP contribution >= 0.6 is 0 Å². The Morgan fingerprint density at radius 3 is 2.50 bits per heavy atom. The fourth-order valence-corrected chi connectivity index (χ4v) is 2.50. The van der Waals surface area contributed by atoms with Crippen molar-refractivity contribution in [2.75, 3.05) is 26.8 Å². The first kappa shape index (κ1) is 16.8. The fourth-order valence-electron chi connectivity index (χ4n) is 2.50. The van der Waals surface area contributed by atoms with Crippen molar-refractivity contribution in [3.8, 4) is 0 Å². The van der Waals surface area contributed by atoms with Gasteiger partial charge in [-0.05, 0) is 25.7 Å². The summed E-state index contributed by atoms with van der Waals surface area (Å²) in [5.41, 5.74) is -1.17. The van der Waals surface area contributed by atoms with Crippen LogP contribution in [0.15, 0.2) is 0 Å². The number of hydrogen-bond acceptors (Lipinski definition) is 3. The quantitative estimate of drug-likeness (QED) is 0.779. The number of nitrogens with one attached hydrogen (secondary N) is 1. The number of urea groups is 1. The van der Waals surface area contributed by atoms with Crippen molar-refractivity contribution < 1.29 is 19.4 Å². The maximum absolute atomic E-state index is 12.2. The maximum atomic E-state index is 12.2. The molecule has 1 unspecified atom stereocenters. The largest absolute Gasteiger partial charge is 0.480 e. The van der Waals surface area contributed by atoms with Crippen molar-refractivity contribution >= 4 is 12.0 Å². The van der Waals surface area contributed by atoms with Gasteiger partial charge in [0.2, 0.25) is 0 Å². The summed E-state index contributed by atoms with van der Waals surface area (Å²) >= 11 is 0. The van der Waals surface area contributed by atoms with Gasteiger partial charge in [0.25, 0.3) is 0 Å². The van der Waals surface area contributed by atoms with E-state index in [-0.39, 0.29) is 6.03 Å². The fraction of sp³-hybridized carbons (Fsp3) is 0.857. The summed E-state index contributed by atoms with van der Waals surface area (Å²) < 4.78 is 5.39. The van der Waals surface area contributed by atoms with Crippen LogP contribution < -0.4 is 5.32 Å². The second-order valence-electron chi connectivity index (χ2n) is 5.49. The molecule has 1 saturated heterocycles. The van der Waals surface area contributed by atoms with Gasteiger partial charge >= 0.3 is 12.0 Å². The van der Waals surface area contributed by atoms with Crippen molar-refractivity contribution in [2.45, 2.75) is 45.1 Å². The molecule has 0 spiro atoms. The van der Waals surface area contributed by atoms with E-state index in [1.54, 1.807) is 25.8 Å². The highest BCUT2D eigenvalue weighted by Crippen LogP contribution is 2.17. The second kappa shape index (κ2) is 7.47. The SMILES string of the molecule is CCC(CC)(NC(=O)N(C)CC1CCCOC1)C(=O)O. The van der Waals surface area contributed by atoms with E-state index >= 15 is 0 Å². The number of rotatable bonds is 6. The monoisotopic (exact) mass is 286 g/mol. The van der Waals surface area contributed by atoms with Crippen molar-refractivity contribution in [3.05, 3.63) is 0 Å². The number of carbonyl (C=O) groups is 2. The lowest BCUT2D eigenvalue weighted by molar-refractivity contribution is -0.144. The predicted molar refractivity (Wildman–Crippen MR) is 75.7 cm³/mol. The molecule has 1 heterocycles. The molecule has 2 amide bonds. The zero-order valence-electron chi connectivity index (χ0n) is 12.6. The number of aliphatic carboxylic acids is 1. The summed E-state index contributed by atoms with van der Waals surface area (Å²) in [5.74, 6) is -0.646. The molecule has 1 aliphatic heterocycles. The van der Waals surface area contributed by atoms with Crippen LogP contribution in [0, 0.1) is 5.92 Å². The molecular formula is C14H26N2O4. The Bertz CT molecular complexity index is 336. The Balaban J connectivity index is 2.57.